The first-order valence-electron chi connectivity index (χ1n) is 5.55. The van der Waals surface area contributed by atoms with E-state index in [-0.39, 0.29) is 0 Å². The third-order valence-electron chi connectivity index (χ3n) is 2.64. The maximum absolute atomic E-state index is 5.30. The van der Waals surface area contributed by atoms with E-state index in [0.29, 0.717) is 21.9 Å². The average molecular weight is 278 g/mol. The predicted octanol–water partition coefficient (Wildman–Crippen LogP) is 2.83. The number of aromatic nitrogens is 2. The van der Waals surface area contributed by atoms with Crippen LogP contribution in [-0.2, 0) is 0 Å². The molecule has 0 saturated heterocycles. The molecular weight excluding hydrogens is 264 g/mol. The van der Waals surface area contributed by atoms with Crippen molar-refractivity contribution in [3.05, 3.63) is 28.9 Å². The molecule has 0 aliphatic carbocycles. The van der Waals surface area contributed by atoms with Crippen LogP contribution in [0.25, 0.3) is 11.3 Å². The molecule has 0 radical (unpaired) electrons. The van der Waals surface area contributed by atoms with E-state index in [1.54, 1.807) is 27.4 Å². The van der Waals surface area contributed by atoms with Gasteiger partial charge in [-0.05, 0) is 24.3 Å². The molecule has 2 aromatic rings. The SMILES string of the molecule is COc1cc(-c2ccc(=S)[nH]n2)cc(OC)c1OC. The molecular formula is C13H14N2O3S. The summed E-state index contributed by atoms with van der Waals surface area (Å²) in [6.07, 6.45) is 0. The summed E-state index contributed by atoms with van der Waals surface area (Å²) in [5.74, 6) is 1.72. The molecule has 0 aliphatic rings. The number of benzene rings is 1. The lowest BCUT2D eigenvalue weighted by Crippen LogP contribution is -1.96. The summed E-state index contributed by atoms with van der Waals surface area (Å²) in [4.78, 5) is 0. The van der Waals surface area contributed by atoms with Gasteiger partial charge in [0.2, 0.25) is 5.75 Å². The van der Waals surface area contributed by atoms with Crippen molar-refractivity contribution >= 4 is 12.2 Å². The zero-order valence-electron chi connectivity index (χ0n) is 10.9. The third kappa shape index (κ3) is 2.68. The molecule has 1 N–H and O–H groups in total. The summed E-state index contributed by atoms with van der Waals surface area (Å²) in [5.41, 5.74) is 1.59. The molecule has 0 aliphatic heterocycles. The molecule has 1 aromatic heterocycles. The van der Waals surface area contributed by atoms with Gasteiger partial charge in [0, 0.05) is 5.56 Å². The molecule has 19 heavy (non-hydrogen) atoms. The lowest BCUT2D eigenvalue weighted by Gasteiger charge is -2.13. The van der Waals surface area contributed by atoms with Gasteiger partial charge < -0.3 is 14.2 Å². The first-order valence-corrected chi connectivity index (χ1v) is 5.96. The van der Waals surface area contributed by atoms with Crippen molar-refractivity contribution in [2.45, 2.75) is 0 Å². The first-order chi connectivity index (χ1) is 9.19. The van der Waals surface area contributed by atoms with Crippen molar-refractivity contribution in [2.75, 3.05) is 21.3 Å². The van der Waals surface area contributed by atoms with E-state index in [1.165, 1.54) is 0 Å². The van der Waals surface area contributed by atoms with Gasteiger partial charge in [-0.15, -0.1) is 0 Å². The van der Waals surface area contributed by atoms with Crippen LogP contribution in [0.1, 0.15) is 0 Å². The largest absolute Gasteiger partial charge is 0.493 e. The average Bonchev–Trinajstić information content (AvgIpc) is 2.46. The number of hydrogen-bond donors (Lipinski definition) is 1. The van der Waals surface area contributed by atoms with E-state index < -0.39 is 0 Å². The Labute approximate surface area is 116 Å². The minimum atomic E-state index is 0.553. The molecule has 1 heterocycles. The summed E-state index contributed by atoms with van der Waals surface area (Å²) in [5, 5.41) is 6.93. The van der Waals surface area contributed by atoms with Gasteiger partial charge in [-0.2, -0.15) is 5.10 Å². The Kier molecular flexibility index (Phi) is 4.01. The smallest absolute Gasteiger partial charge is 0.203 e. The molecule has 0 fully saturated rings. The zero-order chi connectivity index (χ0) is 13.8. The van der Waals surface area contributed by atoms with E-state index in [2.05, 4.69) is 10.2 Å². The second-order valence-corrected chi connectivity index (χ2v) is 4.16. The maximum atomic E-state index is 5.30. The van der Waals surface area contributed by atoms with Crippen LogP contribution in [0.4, 0.5) is 0 Å². The Bertz CT molecular complexity index is 595. The van der Waals surface area contributed by atoms with E-state index in [4.69, 9.17) is 26.4 Å². The number of nitrogens with one attached hydrogen (secondary N) is 1. The minimum Gasteiger partial charge on any atom is -0.493 e. The van der Waals surface area contributed by atoms with Gasteiger partial charge in [0.1, 0.15) is 4.64 Å². The fraction of sp³-hybridized carbons (Fsp3) is 0.231. The fourth-order valence-corrected chi connectivity index (χ4v) is 1.85. The summed E-state index contributed by atoms with van der Waals surface area (Å²) in [7, 11) is 4.72. The Hall–Kier alpha value is -2.08. The van der Waals surface area contributed by atoms with Crippen LogP contribution in [0, 0.1) is 4.64 Å². The van der Waals surface area contributed by atoms with E-state index in [1.807, 2.05) is 18.2 Å². The lowest BCUT2D eigenvalue weighted by molar-refractivity contribution is 0.324. The first kappa shape index (κ1) is 13.4. The molecule has 0 amide bonds. The van der Waals surface area contributed by atoms with Gasteiger partial charge in [0.15, 0.2) is 11.5 Å². The molecule has 0 saturated carbocycles. The van der Waals surface area contributed by atoms with Gasteiger partial charge in [0.25, 0.3) is 0 Å². The summed E-state index contributed by atoms with van der Waals surface area (Å²) < 4.78 is 16.5. The molecule has 2 rings (SSSR count). The quantitative estimate of drug-likeness (QED) is 0.871. The zero-order valence-corrected chi connectivity index (χ0v) is 11.7. The highest BCUT2D eigenvalue weighted by molar-refractivity contribution is 7.71. The van der Waals surface area contributed by atoms with Gasteiger partial charge in [-0.1, -0.05) is 12.2 Å². The molecule has 0 atom stereocenters. The van der Waals surface area contributed by atoms with E-state index >= 15 is 0 Å². The van der Waals surface area contributed by atoms with Gasteiger partial charge in [0.05, 0.1) is 27.0 Å². The van der Waals surface area contributed by atoms with Crippen molar-refractivity contribution in [1.29, 1.82) is 0 Å². The number of rotatable bonds is 4. The fourth-order valence-electron chi connectivity index (χ4n) is 1.73. The summed E-state index contributed by atoms with van der Waals surface area (Å²) >= 11 is 4.97. The Morgan fingerprint density at radius 1 is 1.00 bits per heavy atom. The molecule has 0 spiro atoms. The molecule has 5 nitrogen and oxygen atoms in total. The maximum Gasteiger partial charge on any atom is 0.203 e. The van der Waals surface area contributed by atoms with E-state index in [9.17, 15) is 0 Å². The highest BCUT2D eigenvalue weighted by atomic mass is 32.1. The number of H-pyrrole nitrogens is 1. The Morgan fingerprint density at radius 3 is 2.05 bits per heavy atom. The van der Waals surface area contributed by atoms with Gasteiger partial charge in [-0.25, -0.2) is 0 Å². The van der Waals surface area contributed by atoms with Crippen LogP contribution < -0.4 is 14.2 Å². The number of ether oxygens (including phenoxy) is 3. The van der Waals surface area contributed by atoms with E-state index in [0.717, 1.165) is 11.3 Å². The number of nitrogens with zero attached hydrogens (tertiary/aromatic N) is 1. The molecule has 0 unspecified atom stereocenters. The van der Waals surface area contributed by atoms with Crippen LogP contribution >= 0.6 is 12.2 Å². The second kappa shape index (κ2) is 5.71. The van der Waals surface area contributed by atoms with Crippen molar-refractivity contribution in [3.63, 3.8) is 0 Å². The lowest BCUT2D eigenvalue weighted by atomic mass is 10.1. The van der Waals surface area contributed by atoms with Crippen LogP contribution in [0.2, 0.25) is 0 Å². The van der Waals surface area contributed by atoms with Crippen LogP contribution in [0.5, 0.6) is 17.2 Å². The number of hydrogen-bond acceptors (Lipinski definition) is 5. The normalized spacial score (nSPS) is 10.1. The summed E-state index contributed by atoms with van der Waals surface area (Å²) in [6.45, 7) is 0. The third-order valence-corrected chi connectivity index (χ3v) is 2.87. The van der Waals surface area contributed by atoms with Crippen molar-refractivity contribution < 1.29 is 14.2 Å². The summed E-state index contributed by atoms with van der Waals surface area (Å²) in [6, 6.07) is 7.28. The van der Waals surface area contributed by atoms with Gasteiger partial charge >= 0.3 is 0 Å². The Balaban J connectivity index is 2.58. The molecule has 1 aromatic carbocycles. The van der Waals surface area contributed by atoms with Crippen molar-refractivity contribution in [2.24, 2.45) is 0 Å². The predicted molar refractivity (Wildman–Crippen MR) is 74.5 cm³/mol. The van der Waals surface area contributed by atoms with Crippen LogP contribution in [0.15, 0.2) is 24.3 Å². The molecule has 100 valence electrons. The van der Waals surface area contributed by atoms with Gasteiger partial charge in [-0.3, -0.25) is 5.10 Å². The van der Waals surface area contributed by atoms with Crippen LogP contribution in [-0.4, -0.2) is 31.5 Å². The second-order valence-electron chi connectivity index (χ2n) is 3.72. The van der Waals surface area contributed by atoms with Crippen molar-refractivity contribution in [3.8, 4) is 28.5 Å². The monoisotopic (exact) mass is 278 g/mol. The minimum absolute atomic E-state index is 0.553. The molecule has 0 bridgehead atoms. The highest BCUT2D eigenvalue weighted by Crippen LogP contribution is 2.40. The molecule has 6 heteroatoms. The number of aromatic amines is 1. The Morgan fingerprint density at radius 2 is 1.63 bits per heavy atom. The van der Waals surface area contributed by atoms with Crippen LogP contribution in [0.3, 0.4) is 0 Å². The number of methoxy groups -OCH3 is 3. The topological polar surface area (TPSA) is 56.4 Å². The standard InChI is InChI=1S/C13H14N2O3S/c1-16-10-6-8(7-11(17-2)13(10)18-3)9-4-5-12(19)15-14-9/h4-7H,1-3H3,(H,15,19). The highest BCUT2D eigenvalue weighted by Gasteiger charge is 2.14. The van der Waals surface area contributed by atoms with Crippen molar-refractivity contribution in [1.82, 2.24) is 10.2 Å².